The number of ether oxygens (including phenoxy) is 2. The first-order valence-electron chi connectivity index (χ1n) is 5.36. The van der Waals surface area contributed by atoms with Gasteiger partial charge in [-0.2, -0.15) is 0 Å². The van der Waals surface area contributed by atoms with E-state index < -0.39 is 0 Å². The van der Waals surface area contributed by atoms with Crippen molar-refractivity contribution in [3.8, 4) is 11.6 Å². The summed E-state index contributed by atoms with van der Waals surface area (Å²) in [6.45, 7) is 0.371. The molecule has 0 amide bonds. The summed E-state index contributed by atoms with van der Waals surface area (Å²) < 4.78 is 10.7. The molecule has 0 fully saturated rings. The fourth-order valence-electron chi connectivity index (χ4n) is 1.48. The molecule has 0 radical (unpaired) electrons. The molecule has 18 heavy (non-hydrogen) atoms. The van der Waals surface area contributed by atoms with Gasteiger partial charge in [0.05, 0.1) is 17.8 Å². The lowest BCUT2D eigenvalue weighted by Gasteiger charge is -2.08. The van der Waals surface area contributed by atoms with Crippen LogP contribution in [0.4, 0.5) is 5.69 Å². The molecule has 0 bridgehead atoms. The Morgan fingerprint density at radius 2 is 2.17 bits per heavy atom. The predicted molar refractivity (Wildman–Crippen MR) is 71.0 cm³/mol. The number of methoxy groups -OCH3 is 1. The van der Waals surface area contributed by atoms with E-state index in [0.29, 0.717) is 23.2 Å². The summed E-state index contributed by atoms with van der Waals surface area (Å²) in [6.07, 6.45) is 1.50. The zero-order chi connectivity index (χ0) is 13.0. The molecule has 0 atom stereocenters. The molecule has 0 aliphatic rings. The maximum Gasteiger partial charge on any atom is 0.237 e. The van der Waals surface area contributed by atoms with E-state index in [0.717, 1.165) is 11.3 Å². The van der Waals surface area contributed by atoms with Crippen molar-refractivity contribution in [2.45, 2.75) is 6.61 Å². The number of benzene rings is 1. The SMILES string of the molecule is COc1cccc(COc2ncc(Cl)cc2N)c1. The Labute approximate surface area is 110 Å². The predicted octanol–water partition coefficient (Wildman–Crippen LogP) is 2.90. The van der Waals surface area contributed by atoms with E-state index in [2.05, 4.69) is 4.98 Å². The first kappa shape index (κ1) is 12.5. The van der Waals surface area contributed by atoms with Gasteiger partial charge in [0.1, 0.15) is 12.4 Å². The first-order valence-corrected chi connectivity index (χ1v) is 5.73. The smallest absolute Gasteiger partial charge is 0.237 e. The second-order valence-electron chi connectivity index (χ2n) is 3.69. The van der Waals surface area contributed by atoms with Gasteiger partial charge in [-0.25, -0.2) is 4.98 Å². The van der Waals surface area contributed by atoms with Crippen LogP contribution in [0.5, 0.6) is 11.6 Å². The van der Waals surface area contributed by atoms with Gasteiger partial charge in [-0.1, -0.05) is 23.7 Å². The maximum atomic E-state index is 5.76. The maximum absolute atomic E-state index is 5.76. The summed E-state index contributed by atoms with van der Waals surface area (Å²) in [5.74, 6) is 1.16. The van der Waals surface area contributed by atoms with Gasteiger partial charge >= 0.3 is 0 Å². The lowest BCUT2D eigenvalue weighted by molar-refractivity contribution is 0.295. The number of hydrogen-bond acceptors (Lipinski definition) is 4. The molecule has 1 aromatic carbocycles. The average Bonchev–Trinajstić information content (AvgIpc) is 2.38. The summed E-state index contributed by atoms with van der Waals surface area (Å²) in [4.78, 5) is 4.03. The van der Waals surface area contributed by atoms with Crippen LogP contribution < -0.4 is 15.2 Å². The minimum absolute atomic E-state index is 0.371. The Balaban J connectivity index is 2.06. The Morgan fingerprint density at radius 1 is 1.33 bits per heavy atom. The topological polar surface area (TPSA) is 57.4 Å². The number of hydrogen-bond donors (Lipinski definition) is 1. The molecular weight excluding hydrogens is 252 g/mol. The molecule has 1 aromatic heterocycles. The third-order valence-corrected chi connectivity index (χ3v) is 2.56. The van der Waals surface area contributed by atoms with E-state index in [4.69, 9.17) is 26.8 Å². The molecule has 94 valence electrons. The third kappa shape index (κ3) is 3.05. The number of aromatic nitrogens is 1. The number of nitrogens with zero attached hydrogens (tertiary/aromatic N) is 1. The quantitative estimate of drug-likeness (QED) is 0.922. The van der Waals surface area contributed by atoms with Crippen LogP contribution >= 0.6 is 11.6 Å². The van der Waals surface area contributed by atoms with Crippen molar-refractivity contribution in [1.29, 1.82) is 0 Å². The largest absolute Gasteiger partial charge is 0.497 e. The number of pyridine rings is 1. The molecule has 2 rings (SSSR count). The molecule has 0 saturated carbocycles. The highest BCUT2D eigenvalue weighted by Gasteiger charge is 2.04. The van der Waals surface area contributed by atoms with Crippen molar-refractivity contribution in [2.75, 3.05) is 12.8 Å². The van der Waals surface area contributed by atoms with E-state index in [1.165, 1.54) is 6.20 Å². The second kappa shape index (κ2) is 5.60. The monoisotopic (exact) mass is 264 g/mol. The molecule has 1 heterocycles. The van der Waals surface area contributed by atoms with Crippen LogP contribution in [0, 0.1) is 0 Å². The van der Waals surface area contributed by atoms with Crippen LogP contribution in [-0.2, 0) is 6.61 Å². The number of rotatable bonds is 4. The van der Waals surface area contributed by atoms with E-state index in [1.807, 2.05) is 24.3 Å². The molecule has 4 nitrogen and oxygen atoms in total. The van der Waals surface area contributed by atoms with Gasteiger partial charge in [-0.15, -0.1) is 0 Å². The Hall–Kier alpha value is -1.94. The van der Waals surface area contributed by atoms with Gasteiger partial charge in [0.15, 0.2) is 0 Å². The molecule has 0 aliphatic heterocycles. The lowest BCUT2D eigenvalue weighted by atomic mass is 10.2. The van der Waals surface area contributed by atoms with E-state index in [1.54, 1.807) is 13.2 Å². The molecule has 2 N–H and O–H groups in total. The normalized spacial score (nSPS) is 10.1. The van der Waals surface area contributed by atoms with Crippen LogP contribution in [-0.4, -0.2) is 12.1 Å². The van der Waals surface area contributed by atoms with Gasteiger partial charge < -0.3 is 15.2 Å². The Bertz CT molecular complexity index is 546. The van der Waals surface area contributed by atoms with Crippen LogP contribution in [0.25, 0.3) is 0 Å². The van der Waals surface area contributed by atoms with Crippen molar-refractivity contribution in [1.82, 2.24) is 4.98 Å². The Kier molecular flexibility index (Phi) is 3.89. The lowest BCUT2D eigenvalue weighted by Crippen LogP contribution is -2.01. The van der Waals surface area contributed by atoms with Crippen molar-refractivity contribution in [3.63, 3.8) is 0 Å². The summed E-state index contributed by atoms with van der Waals surface area (Å²) in [7, 11) is 1.62. The highest BCUT2D eigenvalue weighted by atomic mass is 35.5. The summed E-state index contributed by atoms with van der Waals surface area (Å²) >= 11 is 5.76. The average molecular weight is 265 g/mol. The molecule has 0 spiro atoms. The number of nitrogen functional groups attached to an aromatic ring is 1. The Morgan fingerprint density at radius 3 is 2.89 bits per heavy atom. The van der Waals surface area contributed by atoms with E-state index in [9.17, 15) is 0 Å². The molecule has 0 unspecified atom stereocenters. The van der Waals surface area contributed by atoms with Crippen molar-refractivity contribution >= 4 is 17.3 Å². The van der Waals surface area contributed by atoms with Crippen LogP contribution in [0.15, 0.2) is 36.5 Å². The highest BCUT2D eigenvalue weighted by Crippen LogP contribution is 2.23. The van der Waals surface area contributed by atoms with Gasteiger partial charge in [0, 0.05) is 6.20 Å². The molecule has 5 heteroatoms. The summed E-state index contributed by atoms with van der Waals surface area (Å²) in [5.41, 5.74) is 7.14. The number of halogens is 1. The standard InChI is InChI=1S/C13H13ClN2O2/c1-17-11-4-2-3-9(5-11)8-18-13-12(15)6-10(14)7-16-13/h2-7H,8,15H2,1H3. The van der Waals surface area contributed by atoms with Crippen molar-refractivity contribution in [3.05, 3.63) is 47.1 Å². The molecule has 2 aromatic rings. The molecule has 0 saturated heterocycles. The van der Waals surface area contributed by atoms with Crippen molar-refractivity contribution in [2.24, 2.45) is 0 Å². The fraction of sp³-hybridized carbons (Fsp3) is 0.154. The van der Waals surface area contributed by atoms with E-state index in [-0.39, 0.29) is 0 Å². The van der Waals surface area contributed by atoms with E-state index >= 15 is 0 Å². The summed E-state index contributed by atoms with van der Waals surface area (Å²) in [5, 5.41) is 0.487. The van der Waals surface area contributed by atoms with Crippen LogP contribution in [0.2, 0.25) is 5.02 Å². The van der Waals surface area contributed by atoms with Crippen LogP contribution in [0.3, 0.4) is 0 Å². The number of anilines is 1. The van der Waals surface area contributed by atoms with Gasteiger partial charge in [0.25, 0.3) is 0 Å². The molecular formula is C13H13ClN2O2. The molecule has 0 aliphatic carbocycles. The first-order chi connectivity index (χ1) is 8.69. The zero-order valence-corrected chi connectivity index (χ0v) is 10.6. The van der Waals surface area contributed by atoms with Crippen molar-refractivity contribution < 1.29 is 9.47 Å². The summed E-state index contributed by atoms with van der Waals surface area (Å²) in [6, 6.07) is 9.21. The fourth-order valence-corrected chi connectivity index (χ4v) is 1.64. The van der Waals surface area contributed by atoms with Gasteiger partial charge in [0.2, 0.25) is 5.88 Å². The number of nitrogens with two attached hydrogens (primary N) is 1. The van der Waals surface area contributed by atoms with Gasteiger partial charge in [-0.3, -0.25) is 0 Å². The van der Waals surface area contributed by atoms with Gasteiger partial charge in [-0.05, 0) is 23.8 Å². The van der Waals surface area contributed by atoms with Crippen LogP contribution in [0.1, 0.15) is 5.56 Å². The zero-order valence-electron chi connectivity index (χ0n) is 9.89. The third-order valence-electron chi connectivity index (χ3n) is 2.36. The highest BCUT2D eigenvalue weighted by molar-refractivity contribution is 6.30. The second-order valence-corrected chi connectivity index (χ2v) is 4.12. The minimum atomic E-state index is 0.371. The minimum Gasteiger partial charge on any atom is -0.497 e.